The first-order valence-electron chi connectivity index (χ1n) is 35.5. The molecule has 598 valence electrons. The predicted octanol–water partition coefficient (Wildman–Crippen LogP) is 22.9. The third-order valence-corrected chi connectivity index (χ3v) is 22.1. The third-order valence-electron chi connectivity index (χ3n) is 17.9. The Bertz CT molecular complexity index is 6710. The molecular formula is C89H63Cl6F3N10O9S2. The van der Waals surface area contributed by atoms with Crippen molar-refractivity contribution >= 4 is 180 Å². The SMILES string of the molecule is CC(=O)Nc1ccc(C(=O)Nc2ccc(Cl)c(-c3nccc4ccccc34)c2)cc1.CS(=O)(=O)c1ccc(C(=O)Nc2ccc(Cl)c(-c3ccccn3)c2)c(Cl)c1.CS(=O)(=O)c1ccc(C(=O)Nc2ccc(Cl)c(-c3nccc4ccccc34)c2)c(Cl)c1.Cc1nc(C(F)(F)F)ccc1C(=O)Nc1ccc(Cl)c(-c2nccc3ccccc23)c1. The highest BCUT2D eigenvalue weighted by atomic mass is 35.5. The van der Waals surface area contributed by atoms with E-state index in [0.29, 0.717) is 87.9 Å². The molecule has 0 bridgehead atoms. The van der Waals surface area contributed by atoms with Gasteiger partial charge in [0.25, 0.3) is 23.6 Å². The van der Waals surface area contributed by atoms with Gasteiger partial charge in [0.05, 0.1) is 85.1 Å². The number of nitrogens with zero attached hydrogens (tertiary/aromatic N) is 5. The lowest BCUT2D eigenvalue weighted by molar-refractivity contribution is -0.141. The molecule has 15 aromatic rings. The number of hydrogen-bond acceptors (Lipinski definition) is 14. The number of alkyl halides is 3. The van der Waals surface area contributed by atoms with E-state index in [4.69, 9.17) is 69.6 Å². The van der Waals surface area contributed by atoms with Crippen LogP contribution in [0.25, 0.3) is 77.3 Å². The molecule has 5 amide bonds. The molecule has 5 N–H and O–H groups in total. The summed E-state index contributed by atoms with van der Waals surface area (Å²) in [6.45, 7) is 2.79. The zero-order valence-electron chi connectivity index (χ0n) is 62.7. The van der Waals surface area contributed by atoms with Crippen LogP contribution >= 0.6 is 69.6 Å². The summed E-state index contributed by atoms with van der Waals surface area (Å²) in [5.41, 5.74) is 7.99. The molecule has 0 atom stereocenters. The van der Waals surface area contributed by atoms with Crippen LogP contribution in [-0.2, 0) is 30.6 Å². The third kappa shape index (κ3) is 21.5. The highest BCUT2D eigenvalue weighted by Crippen LogP contribution is 2.39. The summed E-state index contributed by atoms with van der Waals surface area (Å²) in [4.78, 5) is 83.0. The average molecular weight is 1750 g/mol. The number of carbonyl (C=O) groups excluding carboxylic acids is 5. The number of sulfone groups is 2. The van der Waals surface area contributed by atoms with Crippen molar-refractivity contribution in [2.24, 2.45) is 0 Å². The Hall–Kier alpha value is -12.5. The minimum atomic E-state index is -4.57. The van der Waals surface area contributed by atoms with Gasteiger partial charge in [0, 0.05) is 117 Å². The van der Waals surface area contributed by atoms with Crippen molar-refractivity contribution in [1.82, 2.24) is 24.9 Å². The molecule has 0 aliphatic rings. The van der Waals surface area contributed by atoms with Gasteiger partial charge in [0.15, 0.2) is 19.7 Å². The van der Waals surface area contributed by atoms with Gasteiger partial charge >= 0.3 is 6.18 Å². The molecule has 19 nitrogen and oxygen atoms in total. The van der Waals surface area contributed by atoms with Crippen LogP contribution in [0.2, 0.25) is 30.1 Å². The van der Waals surface area contributed by atoms with Crippen LogP contribution in [0.3, 0.4) is 0 Å². The van der Waals surface area contributed by atoms with E-state index in [1.54, 1.807) is 122 Å². The van der Waals surface area contributed by atoms with Crippen molar-refractivity contribution in [3.05, 3.63) is 343 Å². The first-order chi connectivity index (χ1) is 56.7. The number of fused-ring (bicyclic) bond motifs is 3. The molecule has 0 unspecified atom stereocenters. The Morgan fingerprint density at radius 2 is 0.697 bits per heavy atom. The second kappa shape index (κ2) is 37.4. The largest absolute Gasteiger partial charge is 0.433 e. The van der Waals surface area contributed by atoms with Crippen LogP contribution in [0, 0.1) is 6.92 Å². The van der Waals surface area contributed by atoms with Crippen LogP contribution in [0.4, 0.5) is 41.6 Å². The molecule has 119 heavy (non-hydrogen) atoms. The number of rotatable bonds is 15. The Morgan fingerprint density at radius 3 is 1.06 bits per heavy atom. The molecule has 10 aromatic carbocycles. The van der Waals surface area contributed by atoms with E-state index in [2.05, 4.69) is 51.5 Å². The van der Waals surface area contributed by atoms with Crippen LogP contribution < -0.4 is 26.6 Å². The minimum absolute atomic E-state index is 0.0165. The Balaban J connectivity index is 0.000000146. The second-order valence-electron chi connectivity index (χ2n) is 26.4. The quantitative estimate of drug-likeness (QED) is 0.0638. The molecule has 0 aliphatic heterocycles. The van der Waals surface area contributed by atoms with Gasteiger partial charge in [-0.05, 0) is 199 Å². The first-order valence-corrected chi connectivity index (χ1v) is 41.6. The number of aromatic nitrogens is 5. The maximum atomic E-state index is 12.8. The second-order valence-corrected chi connectivity index (χ2v) is 32.8. The van der Waals surface area contributed by atoms with Gasteiger partial charge in [0.2, 0.25) is 5.91 Å². The lowest BCUT2D eigenvalue weighted by atomic mass is 10.0. The highest BCUT2D eigenvalue weighted by molar-refractivity contribution is 7.91. The summed E-state index contributed by atoms with van der Waals surface area (Å²) < 4.78 is 85.0. The minimum Gasteiger partial charge on any atom is -0.326 e. The molecule has 15 rings (SSSR count). The fourth-order valence-corrected chi connectivity index (χ4v) is 15.0. The Labute approximate surface area is 710 Å². The van der Waals surface area contributed by atoms with E-state index < -0.39 is 49.3 Å². The lowest BCUT2D eigenvalue weighted by Gasteiger charge is -2.12. The summed E-state index contributed by atoms with van der Waals surface area (Å²) in [6.07, 6.45) is 4.37. The maximum Gasteiger partial charge on any atom is 0.433 e. The van der Waals surface area contributed by atoms with Crippen molar-refractivity contribution in [2.75, 3.05) is 39.1 Å². The predicted molar refractivity (Wildman–Crippen MR) is 467 cm³/mol. The van der Waals surface area contributed by atoms with Gasteiger partial charge in [-0.15, -0.1) is 0 Å². The lowest BCUT2D eigenvalue weighted by Crippen LogP contribution is -2.16. The molecule has 0 radical (unpaired) electrons. The number of benzene rings is 10. The molecule has 0 spiro atoms. The van der Waals surface area contributed by atoms with E-state index in [9.17, 15) is 54.0 Å². The normalized spacial score (nSPS) is 11.2. The zero-order valence-corrected chi connectivity index (χ0v) is 68.9. The molecule has 0 saturated heterocycles. The Morgan fingerprint density at radius 1 is 0.345 bits per heavy atom. The zero-order chi connectivity index (χ0) is 85.0. The summed E-state index contributed by atoms with van der Waals surface area (Å²) in [7, 11) is -6.83. The van der Waals surface area contributed by atoms with Gasteiger partial charge in [-0.3, -0.25) is 43.9 Å². The Kier molecular flexibility index (Phi) is 27.0. The molecule has 0 fully saturated rings. The van der Waals surface area contributed by atoms with E-state index >= 15 is 0 Å². The fourth-order valence-electron chi connectivity index (χ4n) is 12.2. The number of halogens is 9. The molecule has 30 heteroatoms. The fraction of sp³-hybridized carbons (Fsp3) is 0.0562. The van der Waals surface area contributed by atoms with Crippen molar-refractivity contribution in [3.8, 4) is 45.0 Å². The number of amides is 5. The highest BCUT2D eigenvalue weighted by Gasteiger charge is 2.33. The van der Waals surface area contributed by atoms with E-state index in [0.717, 1.165) is 68.2 Å². The van der Waals surface area contributed by atoms with Gasteiger partial charge in [-0.25, -0.2) is 21.8 Å². The van der Waals surface area contributed by atoms with Gasteiger partial charge < -0.3 is 26.6 Å². The smallest absolute Gasteiger partial charge is 0.326 e. The topological polar surface area (TPSA) is 278 Å². The van der Waals surface area contributed by atoms with Crippen LogP contribution in [-0.4, -0.2) is 83.8 Å². The standard InChI is InChI=1S/C24H18ClN3O2.C23H16Cl2N2O3S.C23H15ClF3N3O.C19H14Cl2N2O3S/c1-15(29)27-18-8-6-17(7-9-18)24(30)28-19-10-11-22(25)21(14-19)23-20-5-3-2-4-16(20)12-13-26-23;1-31(29,30)16-7-8-18(21(25)13-16)23(28)27-15-6-9-20(24)19(12-15)22-17-5-3-2-4-14(17)10-11-26-22;1-13-16(7-9-20(29-13)23(25,26)27)22(31)30-15-6-8-19(24)18(12-15)21-17-5-3-2-4-14(17)10-11-28-21;1-27(25,26)13-6-7-14(17(21)11-13)19(24)23-12-5-8-16(20)15(10-12)18-4-2-3-9-22-18/h2-14H,1H3,(H,27,29)(H,28,30);2-13H,1H3,(H,27,28);2-12H,1H3,(H,30,31);2-11H,1H3,(H,23,24). The molecule has 5 aromatic heterocycles. The molecule has 0 aliphatic carbocycles. The van der Waals surface area contributed by atoms with Crippen LogP contribution in [0.15, 0.2) is 289 Å². The first kappa shape index (κ1) is 85.9. The summed E-state index contributed by atoms with van der Waals surface area (Å²) in [6, 6.07) is 71.6. The molecule has 0 saturated carbocycles. The van der Waals surface area contributed by atoms with Crippen LogP contribution in [0.5, 0.6) is 0 Å². The maximum absolute atomic E-state index is 12.8. The van der Waals surface area contributed by atoms with Gasteiger partial charge in [0.1, 0.15) is 5.69 Å². The van der Waals surface area contributed by atoms with Crippen molar-refractivity contribution in [1.29, 1.82) is 0 Å². The van der Waals surface area contributed by atoms with Crippen molar-refractivity contribution in [2.45, 2.75) is 29.8 Å². The summed E-state index contributed by atoms with van der Waals surface area (Å²) in [5.74, 6) is -1.93. The number of aryl methyl sites for hydroxylation is 1. The number of pyridine rings is 5. The number of carbonyl (C=O) groups is 5. The van der Waals surface area contributed by atoms with E-state index in [1.165, 1.54) is 50.2 Å². The molecule has 5 heterocycles. The van der Waals surface area contributed by atoms with Gasteiger partial charge in [-0.2, -0.15) is 13.2 Å². The number of nitrogens with one attached hydrogen (secondary N) is 5. The van der Waals surface area contributed by atoms with Crippen molar-refractivity contribution in [3.63, 3.8) is 0 Å². The molecular weight excluding hydrogens is 1690 g/mol. The number of hydrogen-bond donors (Lipinski definition) is 5. The summed E-state index contributed by atoms with van der Waals surface area (Å²) in [5, 5.41) is 21.8. The monoisotopic (exact) mass is 1750 g/mol. The van der Waals surface area contributed by atoms with Crippen molar-refractivity contribution < 1.29 is 54.0 Å². The average Bonchev–Trinajstić information content (AvgIpc) is 0.767. The van der Waals surface area contributed by atoms with E-state index in [-0.39, 0.29) is 54.0 Å². The van der Waals surface area contributed by atoms with E-state index in [1.807, 2.05) is 109 Å². The summed E-state index contributed by atoms with van der Waals surface area (Å²) >= 11 is 37.8. The van der Waals surface area contributed by atoms with Gasteiger partial charge in [-0.1, -0.05) is 148 Å². The number of anilines is 5. The van der Waals surface area contributed by atoms with Crippen LogP contribution in [0.1, 0.15) is 59.7 Å².